The fourth-order valence-corrected chi connectivity index (χ4v) is 1.04. The Morgan fingerprint density at radius 2 is 2.08 bits per heavy atom. The summed E-state index contributed by atoms with van der Waals surface area (Å²) in [5.74, 6) is 0.650. The predicted octanol–water partition coefficient (Wildman–Crippen LogP) is 1.81. The predicted molar refractivity (Wildman–Crippen MR) is 50.1 cm³/mol. The molecular weight excluding hydrogens is 168 g/mol. The number of methoxy groups -OCH3 is 1. The first kappa shape index (κ1) is 9.86. The average Bonchev–Trinajstić information content (AvgIpc) is 2.09. The number of ether oxygens (including phenoxy) is 2. The van der Waals surface area contributed by atoms with E-state index in [1.165, 1.54) is 0 Å². The van der Waals surface area contributed by atoms with Crippen LogP contribution in [0.3, 0.4) is 0 Å². The van der Waals surface area contributed by atoms with Crippen LogP contribution in [0.5, 0.6) is 11.5 Å². The van der Waals surface area contributed by atoms with Crippen LogP contribution in [0.1, 0.15) is 6.92 Å². The molecule has 0 saturated heterocycles. The third kappa shape index (κ3) is 2.95. The smallest absolute Gasteiger partial charge is 0.161 e. The molecule has 0 amide bonds. The molecule has 0 heterocycles. The van der Waals surface area contributed by atoms with Gasteiger partial charge in [0.15, 0.2) is 11.5 Å². The van der Waals surface area contributed by atoms with Gasteiger partial charge in [-0.2, -0.15) is 0 Å². The van der Waals surface area contributed by atoms with E-state index in [-0.39, 0.29) is 11.9 Å². The van der Waals surface area contributed by atoms with Crippen molar-refractivity contribution >= 4 is 0 Å². The van der Waals surface area contributed by atoms with E-state index >= 15 is 0 Å². The molecule has 0 saturated carbocycles. The van der Waals surface area contributed by atoms with E-state index in [0.29, 0.717) is 12.4 Å². The first-order chi connectivity index (χ1) is 6.24. The SMILES string of the molecule is COCC(C)Oc1ccccc1O. The van der Waals surface area contributed by atoms with Crippen molar-refractivity contribution in [3.63, 3.8) is 0 Å². The minimum Gasteiger partial charge on any atom is -0.504 e. The fourth-order valence-electron chi connectivity index (χ4n) is 1.04. The highest BCUT2D eigenvalue weighted by Crippen LogP contribution is 2.25. The highest BCUT2D eigenvalue weighted by molar-refractivity contribution is 5.37. The minimum atomic E-state index is -0.0571. The van der Waals surface area contributed by atoms with Crippen LogP contribution in [0.15, 0.2) is 24.3 Å². The number of rotatable bonds is 4. The van der Waals surface area contributed by atoms with Gasteiger partial charge in [0.25, 0.3) is 0 Å². The van der Waals surface area contributed by atoms with Crippen molar-refractivity contribution in [3.05, 3.63) is 24.3 Å². The van der Waals surface area contributed by atoms with Gasteiger partial charge in [-0.05, 0) is 19.1 Å². The van der Waals surface area contributed by atoms with Crippen molar-refractivity contribution in [2.45, 2.75) is 13.0 Å². The zero-order chi connectivity index (χ0) is 9.68. The summed E-state index contributed by atoms with van der Waals surface area (Å²) in [7, 11) is 1.62. The Hall–Kier alpha value is -1.22. The molecule has 0 bridgehead atoms. The first-order valence-electron chi connectivity index (χ1n) is 4.17. The Kier molecular flexibility index (Phi) is 3.58. The van der Waals surface area contributed by atoms with Crippen LogP contribution in [0, 0.1) is 0 Å². The molecule has 0 aliphatic carbocycles. The molecule has 0 radical (unpaired) electrons. The third-order valence-electron chi connectivity index (χ3n) is 1.59. The molecule has 3 nitrogen and oxygen atoms in total. The molecule has 0 aromatic heterocycles. The van der Waals surface area contributed by atoms with Crippen LogP contribution >= 0.6 is 0 Å². The molecule has 0 aliphatic rings. The second-order valence-corrected chi connectivity index (χ2v) is 2.85. The summed E-state index contributed by atoms with van der Waals surface area (Å²) in [4.78, 5) is 0. The number of hydrogen-bond donors (Lipinski definition) is 1. The summed E-state index contributed by atoms with van der Waals surface area (Å²) in [6.45, 7) is 2.39. The average molecular weight is 182 g/mol. The number of phenols is 1. The first-order valence-corrected chi connectivity index (χ1v) is 4.17. The van der Waals surface area contributed by atoms with Gasteiger partial charge in [-0.15, -0.1) is 0 Å². The summed E-state index contributed by atoms with van der Waals surface area (Å²) < 4.78 is 10.3. The Morgan fingerprint density at radius 3 is 2.69 bits per heavy atom. The van der Waals surface area contributed by atoms with E-state index in [1.54, 1.807) is 25.3 Å². The van der Waals surface area contributed by atoms with Crippen LogP contribution < -0.4 is 4.74 Å². The van der Waals surface area contributed by atoms with Gasteiger partial charge in [0, 0.05) is 7.11 Å². The normalized spacial score (nSPS) is 12.5. The van der Waals surface area contributed by atoms with E-state index < -0.39 is 0 Å². The maximum Gasteiger partial charge on any atom is 0.161 e. The fraction of sp³-hybridized carbons (Fsp3) is 0.400. The molecule has 1 N–H and O–H groups in total. The lowest BCUT2D eigenvalue weighted by Crippen LogP contribution is -2.17. The molecule has 1 aromatic rings. The highest BCUT2D eigenvalue weighted by Gasteiger charge is 2.05. The molecule has 3 heteroatoms. The van der Waals surface area contributed by atoms with E-state index in [4.69, 9.17) is 9.47 Å². The van der Waals surface area contributed by atoms with Crippen LogP contribution in [0.4, 0.5) is 0 Å². The van der Waals surface area contributed by atoms with Crippen molar-refractivity contribution in [2.24, 2.45) is 0 Å². The van der Waals surface area contributed by atoms with Gasteiger partial charge in [0.1, 0.15) is 6.10 Å². The molecule has 1 atom stereocenters. The Bertz CT molecular complexity index is 260. The quantitative estimate of drug-likeness (QED) is 0.771. The molecule has 13 heavy (non-hydrogen) atoms. The second-order valence-electron chi connectivity index (χ2n) is 2.85. The minimum absolute atomic E-state index is 0.0571. The maximum absolute atomic E-state index is 9.36. The molecular formula is C10H14O3. The van der Waals surface area contributed by atoms with Crippen molar-refractivity contribution in [1.29, 1.82) is 0 Å². The standard InChI is InChI=1S/C10H14O3/c1-8(7-12-2)13-10-6-4-3-5-9(10)11/h3-6,8,11H,7H2,1-2H3. The zero-order valence-electron chi connectivity index (χ0n) is 7.86. The lowest BCUT2D eigenvalue weighted by molar-refractivity contribution is 0.0901. The van der Waals surface area contributed by atoms with E-state index in [1.807, 2.05) is 13.0 Å². The van der Waals surface area contributed by atoms with E-state index in [0.717, 1.165) is 0 Å². The molecule has 1 aromatic carbocycles. The summed E-state index contributed by atoms with van der Waals surface area (Å²) in [5.41, 5.74) is 0. The van der Waals surface area contributed by atoms with Gasteiger partial charge in [0.05, 0.1) is 6.61 Å². The number of para-hydroxylation sites is 2. The molecule has 0 aliphatic heterocycles. The van der Waals surface area contributed by atoms with Crippen LogP contribution in [0.25, 0.3) is 0 Å². The number of benzene rings is 1. The summed E-state index contributed by atoms with van der Waals surface area (Å²) in [6, 6.07) is 6.88. The monoisotopic (exact) mass is 182 g/mol. The van der Waals surface area contributed by atoms with Crippen molar-refractivity contribution in [2.75, 3.05) is 13.7 Å². The molecule has 72 valence electrons. The second kappa shape index (κ2) is 4.72. The van der Waals surface area contributed by atoms with Crippen molar-refractivity contribution in [1.82, 2.24) is 0 Å². The van der Waals surface area contributed by atoms with Gasteiger partial charge >= 0.3 is 0 Å². The Labute approximate surface area is 77.9 Å². The Balaban J connectivity index is 2.58. The van der Waals surface area contributed by atoms with E-state index in [9.17, 15) is 5.11 Å². The van der Waals surface area contributed by atoms with Crippen LogP contribution in [-0.2, 0) is 4.74 Å². The third-order valence-corrected chi connectivity index (χ3v) is 1.59. The van der Waals surface area contributed by atoms with Gasteiger partial charge < -0.3 is 14.6 Å². The number of aromatic hydroxyl groups is 1. The topological polar surface area (TPSA) is 38.7 Å². The van der Waals surface area contributed by atoms with Gasteiger partial charge in [-0.25, -0.2) is 0 Å². The van der Waals surface area contributed by atoms with E-state index in [2.05, 4.69) is 0 Å². The molecule has 1 unspecified atom stereocenters. The maximum atomic E-state index is 9.36. The van der Waals surface area contributed by atoms with Gasteiger partial charge in [-0.3, -0.25) is 0 Å². The summed E-state index contributed by atoms with van der Waals surface area (Å²) >= 11 is 0. The largest absolute Gasteiger partial charge is 0.504 e. The van der Waals surface area contributed by atoms with Crippen molar-refractivity contribution in [3.8, 4) is 11.5 Å². The summed E-state index contributed by atoms with van der Waals surface area (Å²) in [5, 5.41) is 9.36. The van der Waals surface area contributed by atoms with Crippen molar-refractivity contribution < 1.29 is 14.6 Å². The van der Waals surface area contributed by atoms with Gasteiger partial charge in [0.2, 0.25) is 0 Å². The lowest BCUT2D eigenvalue weighted by Gasteiger charge is -2.14. The zero-order valence-corrected chi connectivity index (χ0v) is 7.86. The molecule has 0 fully saturated rings. The van der Waals surface area contributed by atoms with Crippen LogP contribution in [0.2, 0.25) is 0 Å². The van der Waals surface area contributed by atoms with Crippen LogP contribution in [-0.4, -0.2) is 24.9 Å². The Morgan fingerprint density at radius 1 is 1.38 bits per heavy atom. The van der Waals surface area contributed by atoms with Gasteiger partial charge in [-0.1, -0.05) is 12.1 Å². The number of hydrogen-bond acceptors (Lipinski definition) is 3. The highest BCUT2D eigenvalue weighted by atomic mass is 16.5. The summed E-state index contributed by atoms with van der Waals surface area (Å²) in [6.07, 6.45) is -0.0571. The lowest BCUT2D eigenvalue weighted by atomic mass is 10.3. The molecule has 1 rings (SSSR count). The number of phenolic OH excluding ortho intramolecular Hbond substituents is 1. The molecule has 0 spiro atoms.